The zero-order chi connectivity index (χ0) is 17.6. The molecule has 128 valence electrons. The van der Waals surface area contributed by atoms with Crippen LogP contribution in [0.4, 0.5) is 0 Å². The van der Waals surface area contributed by atoms with Crippen molar-refractivity contribution in [3.05, 3.63) is 34.9 Å². The summed E-state index contributed by atoms with van der Waals surface area (Å²) in [6.07, 6.45) is -0.304. The Labute approximate surface area is 142 Å². The molecule has 0 aromatic heterocycles. The van der Waals surface area contributed by atoms with E-state index in [0.29, 0.717) is 5.02 Å². The van der Waals surface area contributed by atoms with Crippen molar-refractivity contribution in [3.8, 4) is 0 Å². The van der Waals surface area contributed by atoms with E-state index in [2.05, 4.69) is 10.6 Å². The lowest BCUT2D eigenvalue weighted by molar-refractivity contribution is -0.130. The lowest BCUT2D eigenvalue weighted by Gasteiger charge is -2.28. The Kier molecular flexibility index (Phi) is 7.52. The first-order valence-corrected chi connectivity index (χ1v) is 7.99. The number of amides is 2. The average molecular weight is 341 g/mol. The molecule has 23 heavy (non-hydrogen) atoms. The van der Waals surface area contributed by atoms with Gasteiger partial charge in [0.05, 0.1) is 6.04 Å². The van der Waals surface area contributed by atoms with Gasteiger partial charge < -0.3 is 15.4 Å². The van der Waals surface area contributed by atoms with Crippen molar-refractivity contribution in [3.63, 3.8) is 0 Å². The molecule has 1 aromatic rings. The minimum atomic E-state index is -0.572. The Hall–Kier alpha value is -1.59. The van der Waals surface area contributed by atoms with Gasteiger partial charge in [-0.15, -0.1) is 0 Å². The Morgan fingerprint density at radius 2 is 1.65 bits per heavy atom. The Morgan fingerprint density at radius 1 is 1.09 bits per heavy atom. The molecule has 0 saturated heterocycles. The predicted molar refractivity (Wildman–Crippen MR) is 91.2 cm³/mol. The molecule has 0 heterocycles. The number of rotatable bonds is 7. The quantitative estimate of drug-likeness (QED) is 0.802. The van der Waals surface area contributed by atoms with Crippen molar-refractivity contribution in [2.45, 2.75) is 45.9 Å². The van der Waals surface area contributed by atoms with Gasteiger partial charge in [0.15, 0.2) is 0 Å². The van der Waals surface area contributed by atoms with Crippen molar-refractivity contribution >= 4 is 23.4 Å². The second-order valence-corrected chi connectivity index (χ2v) is 6.36. The summed E-state index contributed by atoms with van der Waals surface area (Å²) in [4.78, 5) is 23.7. The summed E-state index contributed by atoms with van der Waals surface area (Å²) < 4.78 is 5.52. The fourth-order valence-electron chi connectivity index (χ4n) is 2.43. The number of methoxy groups -OCH3 is 1. The smallest absolute Gasteiger partial charge is 0.243 e. The summed E-state index contributed by atoms with van der Waals surface area (Å²) in [5.41, 5.74) is 0.922. The number of ether oxygens (including phenoxy) is 1. The molecule has 1 rings (SSSR count). The summed E-state index contributed by atoms with van der Waals surface area (Å²) in [6.45, 7) is 7.04. The van der Waals surface area contributed by atoms with Gasteiger partial charge in [-0.05, 0) is 30.5 Å². The highest BCUT2D eigenvalue weighted by Gasteiger charge is 2.27. The molecule has 0 fully saturated rings. The maximum Gasteiger partial charge on any atom is 0.243 e. The lowest BCUT2D eigenvalue weighted by atomic mass is 10.0. The molecule has 0 radical (unpaired) electrons. The third-order valence-electron chi connectivity index (χ3n) is 3.58. The number of halogens is 1. The molecule has 5 nitrogen and oxygen atoms in total. The van der Waals surface area contributed by atoms with Crippen LogP contribution in [0, 0.1) is 5.92 Å². The fraction of sp³-hybridized carbons (Fsp3) is 0.529. The first-order chi connectivity index (χ1) is 10.8. The van der Waals surface area contributed by atoms with Gasteiger partial charge in [-0.2, -0.15) is 0 Å². The third kappa shape index (κ3) is 5.84. The van der Waals surface area contributed by atoms with Gasteiger partial charge in [-0.25, -0.2) is 0 Å². The summed E-state index contributed by atoms with van der Waals surface area (Å²) in [7, 11) is 1.59. The van der Waals surface area contributed by atoms with Crippen molar-refractivity contribution in [1.29, 1.82) is 0 Å². The number of carbonyl (C=O) groups excluding carboxylic acids is 2. The summed E-state index contributed by atoms with van der Waals surface area (Å²) in [6, 6.07) is 6.47. The summed E-state index contributed by atoms with van der Waals surface area (Å²) in [5.74, 6) is -0.464. The van der Waals surface area contributed by atoms with E-state index in [1.165, 1.54) is 6.92 Å². The molecular weight excluding hydrogens is 316 g/mol. The van der Waals surface area contributed by atoms with Crippen LogP contribution in [0.2, 0.25) is 5.02 Å². The molecule has 6 heteroatoms. The molecule has 0 saturated carbocycles. The van der Waals surface area contributed by atoms with E-state index in [1.54, 1.807) is 19.2 Å². The zero-order valence-corrected chi connectivity index (χ0v) is 15.0. The van der Waals surface area contributed by atoms with E-state index in [9.17, 15) is 9.59 Å². The van der Waals surface area contributed by atoms with E-state index in [4.69, 9.17) is 16.3 Å². The van der Waals surface area contributed by atoms with Gasteiger partial charge in [-0.3, -0.25) is 9.59 Å². The van der Waals surface area contributed by atoms with Crippen molar-refractivity contribution < 1.29 is 14.3 Å². The van der Waals surface area contributed by atoms with Crippen LogP contribution in [0.1, 0.15) is 39.4 Å². The maximum absolute atomic E-state index is 12.4. The van der Waals surface area contributed by atoms with Crippen LogP contribution in [-0.4, -0.2) is 31.0 Å². The second-order valence-electron chi connectivity index (χ2n) is 5.93. The monoisotopic (exact) mass is 340 g/mol. The largest absolute Gasteiger partial charge is 0.375 e. The van der Waals surface area contributed by atoms with Gasteiger partial charge in [0, 0.05) is 19.1 Å². The predicted octanol–water partition coefficient (Wildman–Crippen LogP) is 2.69. The molecule has 0 aliphatic heterocycles. The summed E-state index contributed by atoms with van der Waals surface area (Å²) >= 11 is 5.90. The number of hydrogen-bond acceptors (Lipinski definition) is 3. The highest BCUT2D eigenvalue weighted by Crippen LogP contribution is 2.22. The standard InChI is InChI=1S/C17H25ClN2O3/c1-10(2)15(20-12(4)21)17(22)19-11(3)16(23-5)13-6-8-14(18)9-7-13/h6-11,15-16H,1-5H3,(H,19,22)(H,20,21). The van der Waals surface area contributed by atoms with Crippen LogP contribution >= 0.6 is 11.6 Å². The highest BCUT2D eigenvalue weighted by atomic mass is 35.5. The van der Waals surface area contributed by atoms with Gasteiger partial charge >= 0.3 is 0 Å². The topological polar surface area (TPSA) is 67.4 Å². The number of hydrogen-bond donors (Lipinski definition) is 2. The molecule has 2 N–H and O–H groups in total. The normalized spacial score (nSPS) is 14.9. The van der Waals surface area contributed by atoms with Crippen LogP contribution in [-0.2, 0) is 14.3 Å². The second kappa shape index (κ2) is 8.89. The van der Waals surface area contributed by atoms with Gasteiger partial charge in [0.1, 0.15) is 12.1 Å². The molecule has 0 spiro atoms. The Balaban J connectivity index is 2.81. The lowest BCUT2D eigenvalue weighted by Crippen LogP contribution is -2.52. The third-order valence-corrected chi connectivity index (χ3v) is 3.84. The van der Waals surface area contributed by atoms with Crippen LogP contribution in [0.15, 0.2) is 24.3 Å². The molecular formula is C17H25ClN2O3. The SMILES string of the molecule is COC(c1ccc(Cl)cc1)C(C)NC(=O)C(NC(C)=O)C(C)C. The number of carbonyl (C=O) groups is 2. The molecule has 3 atom stereocenters. The highest BCUT2D eigenvalue weighted by molar-refractivity contribution is 6.30. The van der Waals surface area contributed by atoms with Crippen LogP contribution < -0.4 is 10.6 Å². The summed E-state index contributed by atoms with van der Waals surface area (Å²) in [5, 5.41) is 6.24. The minimum Gasteiger partial charge on any atom is -0.375 e. The maximum atomic E-state index is 12.4. The molecule has 3 unspecified atom stereocenters. The first-order valence-electron chi connectivity index (χ1n) is 7.62. The molecule has 0 aliphatic rings. The van der Waals surface area contributed by atoms with Crippen LogP contribution in [0.3, 0.4) is 0 Å². The molecule has 2 amide bonds. The van der Waals surface area contributed by atoms with Crippen LogP contribution in [0.25, 0.3) is 0 Å². The minimum absolute atomic E-state index is 0.0115. The zero-order valence-electron chi connectivity index (χ0n) is 14.2. The number of benzene rings is 1. The van der Waals surface area contributed by atoms with Crippen LogP contribution in [0.5, 0.6) is 0 Å². The average Bonchev–Trinajstić information content (AvgIpc) is 2.46. The van der Waals surface area contributed by atoms with Crippen molar-refractivity contribution in [1.82, 2.24) is 10.6 Å². The van der Waals surface area contributed by atoms with Gasteiger partial charge in [-0.1, -0.05) is 37.6 Å². The van der Waals surface area contributed by atoms with Crippen molar-refractivity contribution in [2.24, 2.45) is 5.92 Å². The van der Waals surface area contributed by atoms with E-state index in [-0.39, 0.29) is 29.9 Å². The van der Waals surface area contributed by atoms with E-state index in [0.717, 1.165) is 5.56 Å². The van der Waals surface area contributed by atoms with Gasteiger partial charge in [0.2, 0.25) is 11.8 Å². The number of nitrogens with one attached hydrogen (secondary N) is 2. The first kappa shape index (κ1) is 19.5. The molecule has 0 aliphatic carbocycles. The van der Waals surface area contributed by atoms with E-state index < -0.39 is 6.04 Å². The Bertz CT molecular complexity index is 531. The van der Waals surface area contributed by atoms with E-state index in [1.807, 2.05) is 32.9 Å². The fourth-order valence-corrected chi connectivity index (χ4v) is 2.55. The van der Waals surface area contributed by atoms with Crippen molar-refractivity contribution in [2.75, 3.05) is 7.11 Å². The molecule has 1 aromatic carbocycles. The molecule has 0 bridgehead atoms. The van der Waals surface area contributed by atoms with E-state index >= 15 is 0 Å². The Morgan fingerprint density at radius 3 is 2.09 bits per heavy atom. The van der Waals surface area contributed by atoms with Gasteiger partial charge in [0.25, 0.3) is 0 Å².